The van der Waals surface area contributed by atoms with Gasteiger partial charge in [-0.25, -0.2) is 0 Å². The van der Waals surface area contributed by atoms with E-state index in [0.717, 1.165) is 53.1 Å². The zero-order valence-corrected chi connectivity index (χ0v) is 16.1. The summed E-state index contributed by atoms with van der Waals surface area (Å²) in [6.45, 7) is 2.93. The van der Waals surface area contributed by atoms with Gasteiger partial charge >= 0.3 is 0 Å². The molecule has 1 aliphatic heterocycles. The van der Waals surface area contributed by atoms with Crippen LogP contribution in [0.15, 0.2) is 46.9 Å². The number of benzene rings is 2. The summed E-state index contributed by atoms with van der Waals surface area (Å²) in [4.78, 5) is 0. The minimum Gasteiger partial charge on any atom is -0.493 e. The molecule has 1 atom stereocenters. The Labute approximate surface area is 157 Å². The van der Waals surface area contributed by atoms with Gasteiger partial charge in [-0.2, -0.15) is 0 Å². The smallest absolute Gasteiger partial charge is 0.167 e. The Morgan fingerprint density at radius 1 is 1.20 bits per heavy atom. The van der Waals surface area contributed by atoms with Crippen LogP contribution in [0.1, 0.15) is 24.0 Å². The maximum atomic E-state index is 6.12. The van der Waals surface area contributed by atoms with Crippen LogP contribution in [-0.4, -0.2) is 26.4 Å². The summed E-state index contributed by atoms with van der Waals surface area (Å²) < 4.78 is 18.3. The van der Waals surface area contributed by atoms with Crippen LogP contribution in [0.5, 0.6) is 11.5 Å². The molecular formula is C20H24BrNO3. The zero-order valence-electron chi connectivity index (χ0n) is 14.5. The molecule has 0 saturated carbocycles. The lowest BCUT2D eigenvalue weighted by Gasteiger charge is -2.18. The van der Waals surface area contributed by atoms with Gasteiger partial charge in [0.2, 0.25) is 0 Å². The average molecular weight is 406 g/mol. The largest absolute Gasteiger partial charge is 0.493 e. The van der Waals surface area contributed by atoms with Crippen molar-refractivity contribution in [3.63, 3.8) is 0 Å². The number of rotatable bonds is 8. The lowest BCUT2D eigenvalue weighted by molar-refractivity contribution is 0.110. The molecule has 1 N–H and O–H groups in total. The van der Waals surface area contributed by atoms with Crippen LogP contribution in [0, 0.1) is 0 Å². The van der Waals surface area contributed by atoms with Crippen molar-refractivity contribution in [2.45, 2.75) is 32.1 Å². The molecule has 0 radical (unpaired) electrons. The van der Waals surface area contributed by atoms with E-state index in [2.05, 4.69) is 33.4 Å². The van der Waals surface area contributed by atoms with E-state index in [-0.39, 0.29) is 0 Å². The van der Waals surface area contributed by atoms with Gasteiger partial charge in [0.1, 0.15) is 6.61 Å². The van der Waals surface area contributed by atoms with E-state index in [0.29, 0.717) is 19.3 Å². The first-order valence-electron chi connectivity index (χ1n) is 8.62. The number of hydrogen-bond donors (Lipinski definition) is 1. The molecule has 3 rings (SSSR count). The van der Waals surface area contributed by atoms with Crippen molar-refractivity contribution >= 4 is 15.9 Å². The van der Waals surface area contributed by atoms with Gasteiger partial charge in [-0.3, -0.25) is 0 Å². The Morgan fingerprint density at radius 3 is 2.76 bits per heavy atom. The lowest BCUT2D eigenvalue weighted by Crippen LogP contribution is -2.26. The van der Waals surface area contributed by atoms with Gasteiger partial charge in [0, 0.05) is 29.7 Å². The number of hydrogen-bond acceptors (Lipinski definition) is 4. The summed E-state index contributed by atoms with van der Waals surface area (Å²) in [7, 11) is 1.67. The van der Waals surface area contributed by atoms with E-state index in [4.69, 9.17) is 14.2 Å². The zero-order chi connectivity index (χ0) is 17.5. The fourth-order valence-corrected chi connectivity index (χ4v) is 3.41. The average Bonchev–Trinajstić information content (AvgIpc) is 3.16. The Balaban J connectivity index is 1.70. The predicted molar refractivity (Wildman–Crippen MR) is 102 cm³/mol. The van der Waals surface area contributed by atoms with E-state index in [1.807, 2.05) is 30.3 Å². The second-order valence-corrected chi connectivity index (χ2v) is 6.95. The monoisotopic (exact) mass is 405 g/mol. The third-order valence-corrected chi connectivity index (χ3v) is 5.05. The molecule has 1 unspecified atom stereocenters. The van der Waals surface area contributed by atoms with Crippen molar-refractivity contribution in [2.75, 3.05) is 20.3 Å². The SMILES string of the molecule is COc1ccc(Br)c(CNCC2CCCO2)c1OCc1ccccc1. The Bertz CT molecular complexity index is 672. The third kappa shape index (κ3) is 4.97. The van der Waals surface area contributed by atoms with Gasteiger partial charge in [0.25, 0.3) is 0 Å². The number of halogens is 1. The number of ether oxygens (including phenoxy) is 3. The van der Waals surface area contributed by atoms with Crippen molar-refractivity contribution in [3.8, 4) is 11.5 Å². The maximum Gasteiger partial charge on any atom is 0.167 e. The summed E-state index contributed by atoms with van der Waals surface area (Å²) in [6, 6.07) is 14.1. The fraction of sp³-hybridized carbons (Fsp3) is 0.400. The van der Waals surface area contributed by atoms with Gasteiger partial charge in [-0.1, -0.05) is 46.3 Å². The first-order valence-corrected chi connectivity index (χ1v) is 9.41. The normalized spacial score (nSPS) is 16.8. The van der Waals surface area contributed by atoms with Crippen molar-refractivity contribution in [1.29, 1.82) is 0 Å². The third-order valence-electron chi connectivity index (χ3n) is 4.31. The van der Waals surface area contributed by atoms with E-state index in [1.165, 1.54) is 0 Å². The second-order valence-electron chi connectivity index (χ2n) is 6.10. The standard InChI is InChI=1S/C20H24BrNO3/c1-23-19-10-9-18(21)17(13-22-12-16-8-5-11-24-16)20(19)25-14-15-6-3-2-4-7-15/h2-4,6-7,9-10,16,22H,5,8,11-14H2,1H3. The molecule has 1 fully saturated rings. The van der Waals surface area contributed by atoms with Crippen LogP contribution < -0.4 is 14.8 Å². The molecule has 1 aliphatic rings. The van der Waals surface area contributed by atoms with Gasteiger partial charge in [0.05, 0.1) is 13.2 Å². The molecule has 0 aromatic heterocycles. The highest BCUT2D eigenvalue weighted by molar-refractivity contribution is 9.10. The molecule has 0 bridgehead atoms. The number of methoxy groups -OCH3 is 1. The first kappa shape index (κ1) is 18.2. The highest BCUT2D eigenvalue weighted by Crippen LogP contribution is 2.36. The first-order chi connectivity index (χ1) is 12.3. The highest BCUT2D eigenvalue weighted by Gasteiger charge is 2.17. The van der Waals surface area contributed by atoms with Crippen LogP contribution >= 0.6 is 15.9 Å². The van der Waals surface area contributed by atoms with Crippen molar-refractivity contribution in [1.82, 2.24) is 5.32 Å². The molecule has 4 nitrogen and oxygen atoms in total. The van der Waals surface area contributed by atoms with Gasteiger partial charge in [0.15, 0.2) is 11.5 Å². The summed E-state index contributed by atoms with van der Waals surface area (Å²) in [5, 5.41) is 3.48. The van der Waals surface area contributed by atoms with Crippen LogP contribution in [0.3, 0.4) is 0 Å². The molecule has 1 heterocycles. The fourth-order valence-electron chi connectivity index (χ4n) is 2.96. The molecule has 0 aliphatic carbocycles. The van der Waals surface area contributed by atoms with Crippen molar-refractivity contribution < 1.29 is 14.2 Å². The second kappa shape index (κ2) is 9.22. The van der Waals surface area contributed by atoms with Gasteiger partial charge < -0.3 is 19.5 Å². The lowest BCUT2D eigenvalue weighted by atomic mass is 10.1. The molecule has 2 aromatic rings. The maximum absolute atomic E-state index is 6.12. The van der Waals surface area contributed by atoms with E-state index in [9.17, 15) is 0 Å². The van der Waals surface area contributed by atoms with Crippen LogP contribution in [-0.2, 0) is 17.9 Å². The molecular weight excluding hydrogens is 382 g/mol. The molecule has 2 aromatic carbocycles. The van der Waals surface area contributed by atoms with E-state index < -0.39 is 0 Å². The molecule has 0 spiro atoms. The Hall–Kier alpha value is -1.56. The summed E-state index contributed by atoms with van der Waals surface area (Å²) >= 11 is 3.64. The van der Waals surface area contributed by atoms with E-state index in [1.54, 1.807) is 7.11 Å². The molecule has 1 saturated heterocycles. The molecule has 134 valence electrons. The molecule has 5 heteroatoms. The van der Waals surface area contributed by atoms with Crippen molar-refractivity contribution in [2.24, 2.45) is 0 Å². The van der Waals surface area contributed by atoms with Crippen molar-refractivity contribution in [3.05, 3.63) is 58.1 Å². The minimum atomic E-state index is 0.318. The summed E-state index contributed by atoms with van der Waals surface area (Å²) in [5.74, 6) is 1.52. The Kier molecular flexibility index (Phi) is 6.73. The van der Waals surface area contributed by atoms with Gasteiger partial charge in [-0.15, -0.1) is 0 Å². The van der Waals surface area contributed by atoms with Crippen LogP contribution in [0.4, 0.5) is 0 Å². The van der Waals surface area contributed by atoms with Crippen LogP contribution in [0.25, 0.3) is 0 Å². The van der Waals surface area contributed by atoms with Gasteiger partial charge in [-0.05, 0) is 30.5 Å². The number of nitrogens with one attached hydrogen (secondary N) is 1. The Morgan fingerprint density at radius 2 is 2.04 bits per heavy atom. The molecule has 0 amide bonds. The highest BCUT2D eigenvalue weighted by atomic mass is 79.9. The predicted octanol–water partition coefficient (Wildman–Crippen LogP) is 4.31. The quantitative estimate of drug-likeness (QED) is 0.710. The molecule has 25 heavy (non-hydrogen) atoms. The summed E-state index contributed by atoms with van der Waals surface area (Å²) in [6.07, 6.45) is 2.60. The topological polar surface area (TPSA) is 39.7 Å². The van der Waals surface area contributed by atoms with E-state index >= 15 is 0 Å². The minimum absolute atomic E-state index is 0.318. The van der Waals surface area contributed by atoms with Crippen LogP contribution in [0.2, 0.25) is 0 Å². The summed E-state index contributed by atoms with van der Waals surface area (Å²) in [5.41, 5.74) is 2.19.